The van der Waals surface area contributed by atoms with Gasteiger partial charge in [-0.05, 0) is 75.5 Å². The zero-order valence-electron chi connectivity index (χ0n) is 49.6. The van der Waals surface area contributed by atoms with Crippen molar-refractivity contribution in [1.82, 2.24) is 63.0 Å². The molecule has 12 amide bonds. The predicted molar refractivity (Wildman–Crippen MR) is 326 cm³/mol. The van der Waals surface area contributed by atoms with Gasteiger partial charge in [-0.15, -0.1) is 0 Å². The minimum absolute atomic E-state index is 0.00881. The van der Waals surface area contributed by atoms with Gasteiger partial charge in [0.25, 0.3) is 0 Å². The van der Waals surface area contributed by atoms with Crippen molar-refractivity contribution in [1.29, 1.82) is 0 Å². The van der Waals surface area contributed by atoms with Crippen molar-refractivity contribution in [2.45, 2.75) is 159 Å². The number of fused-ring (bicyclic) bond motifs is 10. The van der Waals surface area contributed by atoms with Crippen LogP contribution >= 0.6 is 43.2 Å². The van der Waals surface area contributed by atoms with Gasteiger partial charge in [0, 0.05) is 42.5 Å². The van der Waals surface area contributed by atoms with Crippen molar-refractivity contribution in [3.8, 4) is 5.75 Å². The number of nitrogens with two attached hydrogens (primary N) is 1. The number of aliphatic carboxylic acids is 1. The summed E-state index contributed by atoms with van der Waals surface area (Å²) in [5.74, 6) is -14.9. The molecule has 2 bridgehead atoms. The molecule has 0 aliphatic carbocycles. The van der Waals surface area contributed by atoms with E-state index in [9.17, 15) is 82.8 Å². The molecule has 0 saturated carbocycles. The second-order valence-corrected chi connectivity index (χ2v) is 27.5. The van der Waals surface area contributed by atoms with Crippen LogP contribution < -0.4 is 58.9 Å². The Morgan fingerprint density at radius 1 is 0.602 bits per heavy atom. The zero-order chi connectivity index (χ0) is 65.1. The molecule has 4 aliphatic heterocycles. The van der Waals surface area contributed by atoms with Gasteiger partial charge in [0.2, 0.25) is 70.9 Å². The third-order valence-corrected chi connectivity index (χ3v) is 19.5. The molecule has 13 atom stereocenters. The quantitative estimate of drug-likeness (QED) is 0.0986. The lowest BCUT2D eigenvalue weighted by molar-refractivity contribution is -0.149. The minimum Gasteiger partial charge on any atom is -0.508 e. The lowest BCUT2D eigenvalue weighted by Crippen LogP contribution is -2.62. The number of nitrogens with one attached hydrogen (secondary N) is 10. The van der Waals surface area contributed by atoms with E-state index < -0.39 is 186 Å². The number of nitrogens with zero attached hydrogens (tertiary/aromatic N) is 2. The fraction of sp³-hybridized carbons (Fsp3) is 0.648. The normalized spacial score (nSPS) is 29.2. The largest absolute Gasteiger partial charge is 0.508 e. The molecule has 16 N–H and O–H groups in total. The van der Waals surface area contributed by atoms with Gasteiger partial charge in [-0.25, -0.2) is 4.79 Å². The van der Waals surface area contributed by atoms with Gasteiger partial charge in [-0.3, -0.25) is 57.5 Å². The lowest BCUT2D eigenvalue weighted by atomic mass is 9.98. The summed E-state index contributed by atoms with van der Waals surface area (Å²) in [5, 5.41) is 67.2. The van der Waals surface area contributed by atoms with E-state index in [1.807, 2.05) is 0 Å². The maximum atomic E-state index is 14.5. The third-order valence-electron chi connectivity index (χ3n) is 14.7. The number of rotatable bonds is 10. The Bertz CT molecular complexity index is 2720. The van der Waals surface area contributed by atoms with Crippen LogP contribution in [-0.4, -0.2) is 235 Å². The molecular formula is C54H81N13O17S4. The van der Waals surface area contributed by atoms with Gasteiger partial charge in [0.05, 0.1) is 19.3 Å². The first kappa shape index (κ1) is 72.2. The fourth-order valence-corrected chi connectivity index (χ4v) is 14.5. The summed E-state index contributed by atoms with van der Waals surface area (Å²) < 4.78 is 0. The SMILES string of the molecule is CC(C)C[C@@H]1NC(=O)[C@H](C(C)C)NC(=O)[C@H](C)NC(=O)[C@@H]2CSSC[C@H](NC(=O)CN)C(=O)N[C@@H](CSSC[C@@H](C(=O)O)NC(=O)[C@H](Cc3ccc(O)cc3)NC1=O)C(=O)N[C@@H](CO)C(=O)N[C@@H]([C@@H](C)O)C(=O)N1CCC[C@H]1C(=O)N1CCC[C@H]1C(=O)N2. The highest BCUT2D eigenvalue weighted by molar-refractivity contribution is 8.77. The Morgan fingerprint density at radius 2 is 1.12 bits per heavy atom. The van der Waals surface area contributed by atoms with Crippen LogP contribution in [0.15, 0.2) is 24.3 Å². The summed E-state index contributed by atoms with van der Waals surface area (Å²) in [5.41, 5.74) is 6.03. The smallest absolute Gasteiger partial charge is 0.327 e. The van der Waals surface area contributed by atoms with Crippen LogP contribution in [0.1, 0.15) is 79.2 Å². The van der Waals surface area contributed by atoms with E-state index in [2.05, 4.69) is 53.2 Å². The Morgan fingerprint density at radius 3 is 1.70 bits per heavy atom. The lowest BCUT2D eigenvalue weighted by Gasteiger charge is -2.34. The van der Waals surface area contributed by atoms with E-state index in [4.69, 9.17) is 5.73 Å². The Labute approximate surface area is 524 Å². The second-order valence-electron chi connectivity index (χ2n) is 22.4. The van der Waals surface area contributed by atoms with Gasteiger partial charge < -0.3 is 89.1 Å². The number of benzene rings is 1. The Kier molecular flexibility index (Phi) is 28.2. The van der Waals surface area contributed by atoms with E-state index >= 15 is 0 Å². The molecule has 5 rings (SSSR count). The number of aliphatic hydroxyl groups excluding tert-OH is 2. The molecule has 0 radical (unpaired) electrons. The summed E-state index contributed by atoms with van der Waals surface area (Å²) in [6.07, 6.45) is -0.984. The molecule has 4 aliphatic rings. The summed E-state index contributed by atoms with van der Waals surface area (Å²) in [4.78, 5) is 185. The second kappa shape index (κ2) is 34.4. The fourth-order valence-electron chi connectivity index (χ4n) is 9.83. The van der Waals surface area contributed by atoms with Crippen molar-refractivity contribution in [3.05, 3.63) is 29.8 Å². The number of carbonyl (C=O) groups excluding carboxylic acids is 12. The summed E-state index contributed by atoms with van der Waals surface area (Å²) >= 11 is 0. The van der Waals surface area contributed by atoms with E-state index in [0.29, 0.717) is 18.4 Å². The van der Waals surface area contributed by atoms with Crippen molar-refractivity contribution >= 4 is 120 Å². The van der Waals surface area contributed by atoms with E-state index in [1.54, 1.807) is 27.7 Å². The number of hydrogen-bond acceptors (Lipinski definition) is 21. The number of carboxylic acids is 1. The topological polar surface area (TPSA) is 456 Å². The maximum Gasteiger partial charge on any atom is 0.327 e. The van der Waals surface area contributed by atoms with E-state index in [0.717, 1.165) is 48.1 Å². The van der Waals surface area contributed by atoms with Crippen LogP contribution in [0.25, 0.3) is 0 Å². The van der Waals surface area contributed by atoms with Crippen LogP contribution in [0.4, 0.5) is 0 Å². The third kappa shape index (κ3) is 20.7. The van der Waals surface area contributed by atoms with Crippen LogP contribution in [0.3, 0.4) is 0 Å². The number of hydrogen-bond donors (Lipinski definition) is 15. The molecule has 0 aromatic heterocycles. The maximum absolute atomic E-state index is 14.5. The zero-order valence-corrected chi connectivity index (χ0v) is 52.8. The average molecular weight is 1310 g/mol. The number of carboxylic acid groups (broad SMARTS) is 1. The van der Waals surface area contributed by atoms with Gasteiger partial charge in [0.15, 0.2) is 0 Å². The molecular weight excluding hydrogens is 1230 g/mol. The monoisotopic (exact) mass is 1310 g/mol. The van der Waals surface area contributed by atoms with Crippen molar-refractivity contribution < 1.29 is 82.8 Å². The number of phenolic OH excluding ortho intramolecular Hbond substituents is 1. The molecule has 0 spiro atoms. The first-order valence-corrected chi connectivity index (χ1v) is 33.7. The van der Waals surface area contributed by atoms with Crippen LogP contribution in [0, 0.1) is 11.8 Å². The average Bonchev–Trinajstić information content (AvgIpc) is 1.88. The van der Waals surface area contributed by atoms with E-state index in [-0.39, 0.29) is 61.9 Å². The minimum atomic E-state index is -1.86. The first-order valence-electron chi connectivity index (χ1n) is 28.8. The highest BCUT2D eigenvalue weighted by atomic mass is 33.1. The summed E-state index contributed by atoms with van der Waals surface area (Å²) in [6.45, 7) is 7.61. The number of carbonyl (C=O) groups is 13. The van der Waals surface area contributed by atoms with Crippen LogP contribution in [-0.2, 0) is 68.7 Å². The van der Waals surface area contributed by atoms with Gasteiger partial charge >= 0.3 is 5.97 Å². The number of amides is 12. The van der Waals surface area contributed by atoms with E-state index in [1.165, 1.54) is 43.0 Å². The number of aliphatic hydroxyl groups is 2. The number of aromatic hydroxyl groups is 1. The molecule has 4 saturated heterocycles. The summed E-state index contributed by atoms with van der Waals surface area (Å²) in [7, 11) is 3.47. The molecule has 34 heteroatoms. The van der Waals surface area contributed by atoms with Crippen molar-refractivity contribution in [3.63, 3.8) is 0 Å². The standard InChI is InChI=1S/C54H81N13O17S4/c1-25(2)17-31-44(73)58-32(18-29-11-13-30(70)14-12-29)45(74)63-37(54(83)84)24-88-87-23-36-49(78)60-33(20-68)46(75)65-42(28(6)69)53(82)67-16-8-10-39(67)52(81)66-15-7-9-38(66)50(79)62-35(22-86-85-21-34(48(77)61-36)57-40(71)19-55)47(76)56-27(5)43(72)64-41(26(3)4)51(80)59-31/h11-14,25-28,31-39,41-42,68-70H,7-10,15-24,55H2,1-6H3,(H,56,76)(H,57,71)(H,58,73)(H,59,80)(H,60,78)(H,61,77)(H,62,79)(H,63,74)(H,64,72)(H,65,75)(H,83,84)/t27-,28+,31-,32-,33-,34-,35-,36-,37-,38-,39-,41-,42-/m0/s1. The molecule has 4 heterocycles. The van der Waals surface area contributed by atoms with Crippen molar-refractivity contribution in [2.75, 3.05) is 49.3 Å². The van der Waals surface area contributed by atoms with Gasteiger partial charge in [-0.2, -0.15) is 0 Å². The number of phenols is 1. The molecule has 4 fully saturated rings. The summed E-state index contributed by atoms with van der Waals surface area (Å²) in [6, 6.07) is -12.4. The highest BCUT2D eigenvalue weighted by Crippen LogP contribution is 2.29. The molecule has 1 aromatic rings. The Balaban J connectivity index is 1.62. The van der Waals surface area contributed by atoms with Crippen LogP contribution in [0.5, 0.6) is 5.75 Å². The van der Waals surface area contributed by atoms with Crippen molar-refractivity contribution in [2.24, 2.45) is 17.6 Å². The molecule has 0 unspecified atom stereocenters. The highest BCUT2D eigenvalue weighted by Gasteiger charge is 2.46. The predicted octanol–water partition coefficient (Wildman–Crippen LogP) is -4.31. The molecule has 30 nitrogen and oxygen atoms in total. The van der Waals surface area contributed by atoms with Gasteiger partial charge in [0.1, 0.15) is 78.3 Å². The molecule has 1 aromatic carbocycles. The van der Waals surface area contributed by atoms with Gasteiger partial charge in [-0.1, -0.05) is 83.0 Å². The molecule has 88 heavy (non-hydrogen) atoms. The molecule has 488 valence electrons. The van der Waals surface area contributed by atoms with Crippen LogP contribution in [0.2, 0.25) is 0 Å². The first-order chi connectivity index (χ1) is 41.6. The Hall–Kier alpha value is -6.59.